The third-order valence-corrected chi connectivity index (χ3v) is 6.70. The summed E-state index contributed by atoms with van der Waals surface area (Å²) in [5.41, 5.74) is 8.49. The van der Waals surface area contributed by atoms with Crippen molar-refractivity contribution in [3.05, 3.63) is 89.4 Å². The third-order valence-electron chi connectivity index (χ3n) is 6.70. The lowest BCUT2D eigenvalue weighted by Crippen LogP contribution is -2.25. The van der Waals surface area contributed by atoms with Gasteiger partial charge in [-0.2, -0.15) is 5.10 Å². The first kappa shape index (κ1) is 20.5. The number of nitrogens with zero attached hydrogens (tertiary/aromatic N) is 3. The molecule has 6 heteroatoms. The maximum Gasteiger partial charge on any atom is 0.251 e. The number of benzene rings is 2. The van der Waals surface area contributed by atoms with Gasteiger partial charge < -0.3 is 5.32 Å². The summed E-state index contributed by atoms with van der Waals surface area (Å²) in [6.07, 6.45) is 8.84. The fraction of sp³-hybridized carbons (Fsp3) is 0.214. The van der Waals surface area contributed by atoms with Crippen LogP contribution in [0.1, 0.15) is 40.0 Å². The molecule has 0 fully saturated rings. The topological polar surface area (TPSA) is 83.6 Å². The van der Waals surface area contributed by atoms with Crippen molar-refractivity contribution < 1.29 is 4.79 Å². The van der Waals surface area contributed by atoms with E-state index in [1.165, 1.54) is 29.4 Å². The Morgan fingerprint density at radius 1 is 0.971 bits per heavy atom. The van der Waals surface area contributed by atoms with Gasteiger partial charge >= 0.3 is 0 Å². The van der Waals surface area contributed by atoms with Gasteiger partial charge in [-0.3, -0.25) is 14.9 Å². The maximum absolute atomic E-state index is 12.6. The number of aromatic nitrogens is 4. The molecule has 0 radical (unpaired) electrons. The van der Waals surface area contributed by atoms with Gasteiger partial charge in [-0.25, -0.2) is 4.98 Å². The summed E-state index contributed by atoms with van der Waals surface area (Å²) in [4.78, 5) is 22.0. The van der Waals surface area contributed by atoms with E-state index >= 15 is 0 Å². The number of hydrogen-bond donors (Lipinski definition) is 2. The molecule has 3 aromatic heterocycles. The summed E-state index contributed by atoms with van der Waals surface area (Å²) in [7, 11) is 0. The van der Waals surface area contributed by atoms with E-state index in [2.05, 4.69) is 32.6 Å². The lowest BCUT2D eigenvalue weighted by molar-refractivity contribution is 0.0954. The van der Waals surface area contributed by atoms with Gasteiger partial charge in [-0.1, -0.05) is 18.2 Å². The fourth-order valence-corrected chi connectivity index (χ4v) is 5.02. The Balaban J connectivity index is 1.29. The minimum absolute atomic E-state index is 0.0710. The van der Waals surface area contributed by atoms with Crippen LogP contribution in [0.2, 0.25) is 0 Å². The summed E-state index contributed by atoms with van der Waals surface area (Å²) in [5, 5.41) is 12.7. The molecule has 1 amide bonds. The number of rotatable bonds is 5. The number of fused-ring (bicyclic) bond motifs is 5. The van der Waals surface area contributed by atoms with E-state index in [0.717, 1.165) is 46.2 Å². The first-order valence-electron chi connectivity index (χ1n) is 11.8. The molecule has 6 rings (SSSR count). The molecule has 1 aliphatic carbocycles. The van der Waals surface area contributed by atoms with Crippen LogP contribution in [0.15, 0.2) is 67.0 Å². The van der Waals surface area contributed by atoms with Crippen LogP contribution in [0.3, 0.4) is 0 Å². The summed E-state index contributed by atoms with van der Waals surface area (Å²) < 4.78 is 0. The molecule has 0 spiro atoms. The molecule has 3 heterocycles. The first-order valence-corrected chi connectivity index (χ1v) is 11.8. The van der Waals surface area contributed by atoms with Crippen molar-refractivity contribution >= 4 is 27.7 Å². The predicted molar refractivity (Wildman–Crippen MR) is 134 cm³/mol. The molecule has 0 atom stereocenters. The van der Waals surface area contributed by atoms with Gasteiger partial charge in [0.2, 0.25) is 0 Å². The Hall–Kier alpha value is -4.06. The smallest absolute Gasteiger partial charge is 0.251 e. The lowest BCUT2D eigenvalue weighted by Gasteiger charge is -2.22. The normalized spacial score (nSPS) is 13.2. The van der Waals surface area contributed by atoms with Gasteiger partial charge in [0.15, 0.2) is 0 Å². The number of aromatic amines is 1. The monoisotopic (exact) mass is 447 g/mol. The summed E-state index contributed by atoms with van der Waals surface area (Å²) in [6, 6.07) is 17.8. The fourth-order valence-electron chi connectivity index (χ4n) is 5.02. The Morgan fingerprint density at radius 2 is 1.82 bits per heavy atom. The number of carbonyl (C=O) groups excluding carboxylic acids is 1. The minimum Gasteiger partial charge on any atom is -0.352 e. The highest BCUT2D eigenvalue weighted by molar-refractivity contribution is 6.07. The number of amides is 1. The second-order valence-electron chi connectivity index (χ2n) is 8.82. The number of aryl methyl sites for hydroxylation is 1. The quantitative estimate of drug-likeness (QED) is 0.396. The molecule has 0 bridgehead atoms. The lowest BCUT2D eigenvalue weighted by atomic mass is 9.85. The van der Waals surface area contributed by atoms with Crippen molar-refractivity contribution in [2.45, 2.75) is 32.1 Å². The number of hydrogen-bond acceptors (Lipinski definition) is 4. The minimum atomic E-state index is -0.0710. The molecule has 5 aromatic rings. The molecular weight excluding hydrogens is 422 g/mol. The highest BCUT2D eigenvalue weighted by Crippen LogP contribution is 2.37. The van der Waals surface area contributed by atoms with E-state index in [-0.39, 0.29) is 5.91 Å². The van der Waals surface area contributed by atoms with Crippen molar-refractivity contribution in [3.63, 3.8) is 0 Å². The Morgan fingerprint density at radius 3 is 2.65 bits per heavy atom. The van der Waals surface area contributed by atoms with Gasteiger partial charge in [0.1, 0.15) is 0 Å². The molecule has 0 unspecified atom stereocenters. The number of H-pyrrole nitrogens is 1. The highest BCUT2D eigenvalue weighted by atomic mass is 16.1. The van der Waals surface area contributed by atoms with E-state index in [4.69, 9.17) is 4.98 Å². The Labute approximate surface area is 197 Å². The van der Waals surface area contributed by atoms with Crippen LogP contribution in [0.25, 0.3) is 33.1 Å². The van der Waals surface area contributed by atoms with Crippen LogP contribution < -0.4 is 5.32 Å². The molecule has 0 saturated carbocycles. The van der Waals surface area contributed by atoms with Crippen molar-refractivity contribution in [1.82, 2.24) is 25.5 Å². The number of carbonyl (C=O) groups is 1. The van der Waals surface area contributed by atoms with Crippen molar-refractivity contribution in [2.24, 2.45) is 0 Å². The van der Waals surface area contributed by atoms with Crippen molar-refractivity contribution in [2.75, 3.05) is 6.54 Å². The van der Waals surface area contributed by atoms with Gasteiger partial charge in [0.25, 0.3) is 5.91 Å². The maximum atomic E-state index is 12.6. The van der Waals surface area contributed by atoms with Crippen LogP contribution >= 0.6 is 0 Å². The molecule has 0 aliphatic heterocycles. The zero-order valence-electron chi connectivity index (χ0n) is 18.8. The third kappa shape index (κ3) is 3.71. The molecule has 168 valence electrons. The summed E-state index contributed by atoms with van der Waals surface area (Å²) in [5.74, 6) is -0.0710. The second kappa shape index (κ2) is 8.71. The van der Waals surface area contributed by atoms with Crippen LogP contribution in [0.5, 0.6) is 0 Å². The standard InChI is InChI=1S/C28H25N5O/c34-28(30-16-14-20-5-3-4-15-29-20)19-10-8-18(9-11-19)27-22-7-2-1-6-21(22)26-23-17-31-33-24(23)12-13-25(26)32-27/h3-5,8-13,15,17H,1-2,6-7,14,16H2,(H,30,34)(H,31,33). The van der Waals surface area contributed by atoms with Gasteiger partial charge in [-0.05, 0) is 73.2 Å². The molecular formula is C28H25N5O. The zero-order valence-corrected chi connectivity index (χ0v) is 18.8. The molecule has 1 aliphatic rings. The van der Waals surface area contributed by atoms with Gasteiger partial charge in [-0.15, -0.1) is 0 Å². The highest BCUT2D eigenvalue weighted by Gasteiger charge is 2.21. The predicted octanol–water partition coefficient (Wildman–Crippen LogP) is 5.02. The van der Waals surface area contributed by atoms with E-state index < -0.39 is 0 Å². The van der Waals surface area contributed by atoms with Crippen molar-refractivity contribution in [1.29, 1.82) is 0 Å². The Bertz CT molecular complexity index is 1490. The average molecular weight is 448 g/mol. The van der Waals surface area contributed by atoms with E-state index in [9.17, 15) is 4.79 Å². The molecule has 6 nitrogen and oxygen atoms in total. The summed E-state index contributed by atoms with van der Waals surface area (Å²) >= 11 is 0. The molecule has 2 aromatic carbocycles. The van der Waals surface area contributed by atoms with Crippen LogP contribution in [-0.4, -0.2) is 32.6 Å². The molecule has 0 saturated heterocycles. The number of nitrogens with one attached hydrogen (secondary N) is 2. The van der Waals surface area contributed by atoms with E-state index in [0.29, 0.717) is 18.5 Å². The largest absolute Gasteiger partial charge is 0.352 e. The van der Waals surface area contributed by atoms with Gasteiger partial charge in [0, 0.05) is 46.8 Å². The van der Waals surface area contributed by atoms with Gasteiger partial charge in [0.05, 0.1) is 22.9 Å². The Kier molecular flexibility index (Phi) is 5.26. The molecule has 34 heavy (non-hydrogen) atoms. The second-order valence-corrected chi connectivity index (χ2v) is 8.82. The number of pyridine rings is 2. The van der Waals surface area contributed by atoms with E-state index in [1.807, 2.05) is 48.7 Å². The van der Waals surface area contributed by atoms with Crippen LogP contribution in [0, 0.1) is 0 Å². The molecule has 2 N–H and O–H groups in total. The summed E-state index contributed by atoms with van der Waals surface area (Å²) in [6.45, 7) is 0.555. The van der Waals surface area contributed by atoms with Crippen molar-refractivity contribution in [3.8, 4) is 11.3 Å². The zero-order chi connectivity index (χ0) is 22.9. The van der Waals surface area contributed by atoms with Crippen LogP contribution in [-0.2, 0) is 19.3 Å². The average Bonchev–Trinajstić information content (AvgIpc) is 3.38. The van der Waals surface area contributed by atoms with Crippen LogP contribution in [0.4, 0.5) is 0 Å². The first-order chi connectivity index (χ1) is 16.8. The van der Waals surface area contributed by atoms with E-state index in [1.54, 1.807) is 6.20 Å². The SMILES string of the molecule is O=C(NCCc1ccccn1)c1ccc(-c2nc3ccc4[nH]ncc4c3c3c2CCCC3)cc1.